The maximum Gasteiger partial charge on any atom is 0.357 e. The van der Waals surface area contributed by atoms with Crippen molar-refractivity contribution in [2.24, 2.45) is 0 Å². The van der Waals surface area contributed by atoms with Crippen LogP contribution in [-0.4, -0.2) is 44.2 Å². The van der Waals surface area contributed by atoms with Crippen molar-refractivity contribution in [2.75, 3.05) is 6.61 Å². The second kappa shape index (κ2) is 8.51. The summed E-state index contributed by atoms with van der Waals surface area (Å²) in [5.41, 5.74) is 0.278. The maximum atomic E-state index is 12.8. The molecule has 0 saturated heterocycles. The van der Waals surface area contributed by atoms with Gasteiger partial charge in [0.05, 0.1) is 6.26 Å². The van der Waals surface area contributed by atoms with E-state index in [0.29, 0.717) is 17.1 Å². The van der Waals surface area contributed by atoms with Crippen molar-refractivity contribution in [2.45, 2.75) is 26.3 Å². The molecule has 0 aliphatic rings. The van der Waals surface area contributed by atoms with E-state index in [1.165, 1.54) is 17.0 Å². The maximum absolute atomic E-state index is 12.8. The van der Waals surface area contributed by atoms with E-state index in [2.05, 4.69) is 20.8 Å². The van der Waals surface area contributed by atoms with E-state index in [1.54, 1.807) is 12.1 Å². The Kier molecular flexibility index (Phi) is 5.87. The van der Waals surface area contributed by atoms with Gasteiger partial charge in [-0.2, -0.15) is 4.68 Å². The van der Waals surface area contributed by atoms with Gasteiger partial charge in [-0.15, -0.1) is 5.10 Å². The van der Waals surface area contributed by atoms with Gasteiger partial charge in [-0.3, -0.25) is 4.79 Å². The van der Waals surface area contributed by atoms with Crippen LogP contribution >= 0.6 is 0 Å². The zero-order chi connectivity index (χ0) is 20.9. The molecule has 2 heterocycles. The first-order valence-corrected chi connectivity index (χ1v) is 8.91. The molecule has 9 heteroatoms. The molecular weight excluding hydrogens is 374 g/mol. The van der Waals surface area contributed by atoms with Gasteiger partial charge in [-0.1, -0.05) is 30.3 Å². The smallest absolute Gasteiger partial charge is 0.357 e. The first-order chi connectivity index (χ1) is 13.8. The van der Waals surface area contributed by atoms with Crippen LogP contribution in [0.3, 0.4) is 0 Å². The fraction of sp³-hybridized carbons (Fsp3) is 0.250. The molecule has 150 valence electrons. The quantitative estimate of drug-likeness (QED) is 0.504. The predicted molar refractivity (Wildman–Crippen MR) is 105 cm³/mol. The second-order valence-electron chi connectivity index (χ2n) is 7.20. The summed E-state index contributed by atoms with van der Waals surface area (Å²) < 4.78 is 11.8. The number of tetrazole rings is 1. The molecular formula is C20H21N5O4. The van der Waals surface area contributed by atoms with Crippen LogP contribution in [0.25, 0.3) is 23.2 Å². The zero-order valence-corrected chi connectivity index (χ0v) is 16.3. The molecule has 29 heavy (non-hydrogen) atoms. The van der Waals surface area contributed by atoms with E-state index >= 15 is 0 Å². The summed E-state index contributed by atoms with van der Waals surface area (Å²) in [4.78, 5) is 24.8. The third-order valence-electron chi connectivity index (χ3n) is 3.61. The monoisotopic (exact) mass is 395 g/mol. The highest BCUT2D eigenvalue weighted by Crippen LogP contribution is 2.21. The number of nitrogens with one attached hydrogen (secondary N) is 1. The molecule has 3 aromatic rings. The first kappa shape index (κ1) is 20.0. The number of aromatic nitrogens is 4. The Hall–Kier alpha value is -3.75. The number of ether oxygens (including phenoxy) is 1. The van der Waals surface area contributed by atoms with Gasteiger partial charge in [-0.25, -0.2) is 4.79 Å². The van der Waals surface area contributed by atoms with Crippen molar-refractivity contribution >= 4 is 23.6 Å². The minimum atomic E-state index is -0.769. The standard InChI is InChI=1S/C20H21N5O4/c1-20(2,3)21-17(26)13-29-19(27)16(12-15-10-7-11-28-15)25-18(22-23-24-25)14-8-5-4-6-9-14/h4-12H,13H2,1-3H3,(H,21,26)/b16-12-. The van der Waals surface area contributed by atoms with Gasteiger partial charge in [-0.05, 0) is 43.3 Å². The van der Waals surface area contributed by atoms with Crippen LogP contribution in [-0.2, 0) is 14.3 Å². The molecule has 0 radical (unpaired) electrons. The molecule has 0 fully saturated rings. The molecule has 0 aliphatic heterocycles. The minimum absolute atomic E-state index is 0.00682. The van der Waals surface area contributed by atoms with Crippen molar-refractivity contribution in [3.05, 3.63) is 54.5 Å². The molecule has 1 aromatic carbocycles. The predicted octanol–water partition coefficient (Wildman–Crippen LogP) is 2.39. The number of benzene rings is 1. The fourth-order valence-corrected chi connectivity index (χ4v) is 2.49. The number of hydrogen-bond donors (Lipinski definition) is 1. The SMILES string of the molecule is CC(C)(C)NC(=O)COC(=O)/C(=C/c1ccco1)n1nnnc1-c1ccccc1. The van der Waals surface area contributed by atoms with Crippen LogP contribution in [0.2, 0.25) is 0 Å². The van der Waals surface area contributed by atoms with Crippen LogP contribution < -0.4 is 5.32 Å². The van der Waals surface area contributed by atoms with Crippen LogP contribution in [0.4, 0.5) is 0 Å². The average Bonchev–Trinajstić information content (AvgIpc) is 3.35. The Bertz CT molecular complexity index is 1000. The minimum Gasteiger partial charge on any atom is -0.465 e. The van der Waals surface area contributed by atoms with E-state index < -0.39 is 24.0 Å². The Morgan fingerprint density at radius 1 is 1.17 bits per heavy atom. The summed E-state index contributed by atoms with van der Waals surface area (Å²) in [7, 11) is 0. The van der Waals surface area contributed by atoms with Crippen molar-refractivity contribution in [1.29, 1.82) is 0 Å². The van der Waals surface area contributed by atoms with Crippen LogP contribution in [0.15, 0.2) is 53.1 Å². The number of furan rings is 1. The number of carbonyl (C=O) groups is 2. The average molecular weight is 395 g/mol. The normalized spacial score (nSPS) is 11.9. The molecule has 0 unspecified atom stereocenters. The summed E-state index contributed by atoms with van der Waals surface area (Å²) in [6, 6.07) is 12.5. The van der Waals surface area contributed by atoms with Crippen molar-refractivity contribution in [3.8, 4) is 11.4 Å². The number of carbonyl (C=O) groups excluding carboxylic acids is 2. The lowest BCUT2D eigenvalue weighted by atomic mass is 10.1. The molecule has 9 nitrogen and oxygen atoms in total. The number of amides is 1. The van der Waals surface area contributed by atoms with E-state index in [4.69, 9.17) is 9.15 Å². The summed E-state index contributed by atoms with van der Waals surface area (Å²) in [5, 5.41) is 14.3. The van der Waals surface area contributed by atoms with Crippen LogP contribution in [0, 0.1) is 0 Å². The van der Waals surface area contributed by atoms with Gasteiger partial charge in [0, 0.05) is 17.2 Å². The number of nitrogens with zero attached hydrogens (tertiary/aromatic N) is 4. The van der Waals surface area contributed by atoms with E-state index in [9.17, 15) is 9.59 Å². The van der Waals surface area contributed by atoms with Crippen LogP contribution in [0.1, 0.15) is 26.5 Å². The van der Waals surface area contributed by atoms with Gasteiger partial charge >= 0.3 is 5.97 Å². The number of esters is 1. The highest BCUT2D eigenvalue weighted by Gasteiger charge is 2.22. The lowest BCUT2D eigenvalue weighted by Crippen LogP contribution is -2.42. The van der Waals surface area contributed by atoms with Gasteiger partial charge in [0.15, 0.2) is 18.1 Å². The lowest BCUT2D eigenvalue weighted by molar-refractivity contribution is -0.143. The van der Waals surface area contributed by atoms with E-state index in [0.717, 1.165) is 0 Å². The van der Waals surface area contributed by atoms with Crippen LogP contribution in [0.5, 0.6) is 0 Å². The molecule has 0 saturated carbocycles. The molecule has 0 aliphatic carbocycles. The second-order valence-corrected chi connectivity index (χ2v) is 7.20. The van der Waals surface area contributed by atoms with Crippen molar-refractivity contribution in [1.82, 2.24) is 25.5 Å². The molecule has 0 bridgehead atoms. The molecule has 1 amide bonds. The summed E-state index contributed by atoms with van der Waals surface area (Å²) in [6.45, 7) is 5.07. The van der Waals surface area contributed by atoms with Gasteiger partial charge in [0.25, 0.3) is 5.91 Å². The molecule has 1 N–H and O–H groups in total. The molecule has 2 aromatic heterocycles. The molecule has 3 rings (SSSR count). The van der Waals surface area contributed by atoms with E-state index in [-0.39, 0.29) is 5.70 Å². The van der Waals surface area contributed by atoms with E-state index in [1.807, 2.05) is 51.1 Å². The highest BCUT2D eigenvalue weighted by molar-refractivity contribution is 6.15. The highest BCUT2D eigenvalue weighted by atomic mass is 16.5. The third kappa shape index (κ3) is 5.38. The topological polar surface area (TPSA) is 112 Å². The Morgan fingerprint density at radius 2 is 1.93 bits per heavy atom. The molecule has 0 spiro atoms. The summed E-state index contributed by atoms with van der Waals surface area (Å²) >= 11 is 0. The Balaban J connectivity index is 1.89. The number of rotatable bonds is 6. The largest absolute Gasteiger partial charge is 0.465 e. The van der Waals surface area contributed by atoms with Gasteiger partial charge in [0.2, 0.25) is 0 Å². The summed E-state index contributed by atoms with van der Waals surface area (Å²) in [6.07, 6.45) is 2.93. The zero-order valence-electron chi connectivity index (χ0n) is 16.3. The molecule has 0 atom stereocenters. The summed E-state index contributed by atoms with van der Waals surface area (Å²) in [5.74, 6) is -0.428. The Labute approximate surface area is 167 Å². The first-order valence-electron chi connectivity index (χ1n) is 8.91. The van der Waals surface area contributed by atoms with Gasteiger partial charge < -0.3 is 14.5 Å². The number of hydrogen-bond acceptors (Lipinski definition) is 7. The van der Waals surface area contributed by atoms with Crippen molar-refractivity contribution < 1.29 is 18.7 Å². The lowest BCUT2D eigenvalue weighted by Gasteiger charge is -2.20. The van der Waals surface area contributed by atoms with Crippen molar-refractivity contribution in [3.63, 3.8) is 0 Å². The third-order valence-corrected chi connectivity index (χ3v) is 3.61. The Morgan fingerprint density at radius 3 is 2.59 bits per heavy atom. The van der Waals surface area contributed by atoms with Gasteiger partial charge in [0.1, 0.15) is 5.76 Å². The fourth-order valence-electron chi connectivity index (χ4n) is 2.49.